The number of benzene rings is 2. The number of halogens is 1. The van der Waals surface area contributed by atoms with Crippen molar-refractivity contribution in [3.8, 4) is 11.5 Å². The molecule has 9 heteroatoms. The molecule has 1 aliphatic rings. The highest BCUT2D eigenvalue weighted by atomic mass is 35.5. The van der Waals surface area contributed by atoms with E-state index in [-0.39, 0.29) is 18.8 Å². The van der Waals surface area contributed by atoms with E-state index in [2.05, 4.69) is 5.32 Å². The average Bonchev–Trinajstić information content (AvgIpc) is 2.71. The molecule has 0 aliphatic carbocycles. The molecule has 2 aromatic carbocycles. The number of rotatable bonds is 7. The Morgan fingerprint density at radius 3 is 2.57 bits per heavy atom. The van der Waals surface area contributed by atoms with Gasteiger partial charge in [0, 0.05) is 17.6 Å². The molecule has 0 bridgehead atoms. The predicted octanol–water partition coefficient (Wildman–Crippen LogP) is 2.58. The lowest BCUT2D eigenvalue weighted by molar-refractivity contribution is -0.119. The molecule has 1 N–H and O–H groups in total. The third-order valence-corrected chi connectivity index (χ3v) is 6.35. The van der Waals surface area contributed by atoms with E-state index in [1.54, 1.807) is 36.4 Å². The van der Waals surface area contributed by atoms with Crippen LogP contribution in [0.1, 0.15) is 12.5 Å². The molecule has 0 radical (unpaired) electrons. The third kappa shape index (κ3) is 4.69. The lowest BCUT2D eigenvalue weighted by Crippen LogP contribution is -2.41. The maximum absolute atomic E-state index is 12.6. The second-order valence-corrected chi connectivity index (χ2v) is 8.69. The van der Waals surface area contributed by atoms with Crippen LogP contribution in [0.2, 0.25) is 5.02 Å². The molecule has 1 amide bonds. The summed E-state index contributed by atoms with van der Waals surface area (Å²) in [7, 11) is -3.68. The monoisotopic (exact) mass is 424 g/mol. The maximum atomic E-state index is 12.6. The standard InChI is InChI=1S/C19H21ClN2O5S/c1-2-28(24,25)22(15-7-8-17-18(11-15)27-10-9-26-17)13-19(23)21-12-14-5-3-4-6-16(14)20/h3-8,11H,2,9-10,12-13H2,1H3,(H,21,23). The Kier molecular flexibility index (Phi) is 6.31. The average molecular weight is 425 g/mol. The van der Waals surface area contributed by atoms with Crippen molar-refractivity contribution in [2.75, 3.05) is 29.8 Å². The first kappa shape index (κ1) is 20.3. The normalized spacial score (nSPS) is 13.1. The first-order valence-electron chi connectivity index (χ1n) is 8.81. The summed E-state index contributed by atoms with van der Waals surface area (Å²) in [4.78, 5) is 12.4. The largest absolute Gasteiger partial charge is 0.486 e. The van der Waals surface area contributed by atoms with Crippen LogP contribution < -0.4 is 19.1 Å². The van der Waals surface area contributed by atoms with E-state index in [1.165, 1.54) is 6.92 Å². The Hall–Kier alpha value is -2.45. The Bertz CT molecular complexity index is 965. The number of ether oxygens (including phenoxy) is 2. The zero-order valence-electron chi connectivity index (χ0n) is 15.4. The van der Waals surface area contributed by atoms with E-state index in [9.17, 15) is 13.2 Å². The van der Waals surface area contributed by atoms with Crippen molar-refractivity contribution in [2.45, 2.75) is 13.5 Å². The minimum atomic E-state index is -3.68. The van der Waals surface area contributed by atoms with E-state index in [1.807, 2.05) is 6.07 Å². The number of hydrogen-bond acceptors (Lipinski definition) is 5. The smallest absolute Gasteiger partial charge is 0.241 e. The topological polar surface area (TPSA) is 84.9 Å². The summed E-state index contributed by atoms with van der Waals surface area (Å²) in [5.41, 5.74) is 1.10. The van der Waals surface area contributed by atoms with Gasteiger partial charge in [0.15, 0.2) is 11.5 Å². The van der Waals surface area contributed by atoms with Crippen LogP contribution in [0.3, 0.4) is 0 Å². The number of amides is 1. The zero-order valence-corrected chi connectivity index (χ0v) is 16.9. The molecule has 0 saturated heterocycles. The van der Waals surface area contributed by atoms with Crippen LogP contribution in [-0.4, -0.2) is 39.8 Å². The van der Waals surface area contributed by atoms with Crippen LogP contribution in [0.15, 0.2) is 42.5 Å². The molecule has 0 saturated carbocycles. The fraction of sp³-hybridized carbons (Fsp3) is 0.316. The van der Waals surface area contributed by atoms with Gasteiger partial charge in [-0.15, -0.1) is 0 Å². The summed E-state index contributed by atoms with van der Waals surface area (Å²) < 4.78 is 37.2. The highest BCUT2D eigenvalue weighted by Gasteiger charge is 2.25. The fourth-order valence-electron chi connectivity index (χ4n) is 2.72. The van der Waals surface area contributed by atoms with E-state index in [0.717, 1.165) is 9.87 Å². The van der Waals surface area contributed by atoms with Crippen LogP contribution in [0, 0.1) is 0 Å². The van der Waals surface area contributed by atoms with Crippen molar-refractivity contribution < 1.29 is 22.7 Å². The molecular weight excluding hydrogens is 404 g/mol. The Labute approximate surface area is 169 Å². The SMILES string of the molecule is CCS(=O)(=O)N(CC(=O)NCc1ccccc1Cl)c1ccc2c(c1)OCCO2. The van der Waals surface area contributed by atoms with E-state index in [4.69, 9.17) is 21.1 Å². The van der Waals surface area contributed by atoms with Gasteiger partial charge in [-0.25, -0.2) is 8.42 Å². The molecule has 7 nitrogen and oxygen atoms in total. The first-order chi connectivity index (χ1) is 13.4. The summed E-state index contributed by atoms with van der Waals surface area (Å²) in [5, 5.41) is 3.25. The maximum Gasteiger partial charge on any atom is 0.241 e. The molecule has 2 aromatic rings. The van der Waals surface area contributed by atoms with Crippen molar-refractivity contribution in [1.29, 1.82) is 0 Å². The highest BCUT2D eigenvalue weighted by Crippen LogP contribution is 2.34. The van der Waals surface area contributed by atoms with Gasteiger partial charge in [-0.1, -0.05) is 29.8 Å². The minimum absolute atomic E-state index is 0.140. The number of carbonyl (C=O) groups excluding carboxylic acids is 1. The fourth-order valence-corrected chi connectivity index (χ4v) is 3.98. The molecule has 3 rings (SSSR count). The Balaban J connectivity index is 1.77. The second-order valence-electron chi connectivity index (χ2n) is 6.10. The molecule has 0 fully saturated rings. The molecule has 1 heterocycles. The van der Waals surface area contributed by atoms with Gasteiger partial charge >= 0.3 is 0 Å². The van der Waals surface area contributed by atoms with Gasteiger partial charge in [0.05, 0.1) is 11.4 Å². The molecular formula is C19H21ClN2O5S. The lowest BCUT2D eigenvalue weighted by Gasteiger charge is -2.25. The van der Waals surface area contributed by atoms with Crippen molar-refractivity contribution >= 4 is 33.2 Å². The van der Waals surface area contributed by atoms with Crippen LogP contribution in [0.25, 0.3) is 0 Å². The van der Waals surface area contributed by atoms with Gasteiger partial charge in [-0.2, -0.15) is 0 Å². The van der Waals surface area contributed by atoms with Crippen LogP contribution >= 0.6 is 11.6 Å². The van der Waals surface area contributed by atoms with Gasteiger partial charge in [0.1, 0.15) is 19.8 Å². The van der Waals surface area contributed by atoms with Crippen molar-refractivity contribution in [1.82, 2.24) is 5.32 Å². The van der Waals surface area contributed by atoms with E-state index in [0.29, 0.717) is 35.4 Å². The molecule has 0 spiro atoms. The lowest BCUT2D eigenvalue weighted by atomic mass is 10.2. The molecule has 0 unspecified atom stereocenters. The number of nitrogens with one attached hydrogen (secondary N) is 1. The van der Waals surface area contributed by atoms with Gasteiger partial charge in [0.2, 0.25) is 15.9 Å². The molecule has 1 aliphatic heterocycles. The number of fused-ring (bicyclic) bond motifs is 1. The third-order valence-electron chi connectivity index (χ3n) is 4.24. The molecule has 28 heavy (non-hydrogen) atoms. The van der Waals surface area contributed by atoms with Crippen molar-refractivity contribution in [3.05, 3.63) is 53.1 Å². The zero-order chi connectivity index (χ0) is 20.1. The summed E-state index contributed by atoms with van der Waals surface area (Å²) in [6, 6.07) is 12.0. The molecule has 150 valence electrons. The van der Waals surface area contributed by atoms with Crippen LogP contribution in [0.5, 0.6) is 11.5 Å². The van der Waals surface area contributed by atoms with Gasteiger partial charge in [-0.05, 0) is 30.7 Å². The predicted molar refractivity (Wildman–Crippen MR) is 108 cm³/mol. The number of hydrogen-bond donors (Lipinski definition) is 1. The Morgan fingerprint density at radius 2 is 1.86 bits per heavy atom. The van der Waals surface area contributed by atoms with Gasteiger partial charge in [0.25, 0.3) is 0 Å². The van der Waals surface area contributed by atoms with Crippen molar-refractivity contribution in [3.63, 3.8) is 0 Å². The highest BCUT2D eigenvalue weighted by molar-refractivity contribution is 7.92. The summed E-state index contributed by atoms with van der Waals surface area (Å²) in [6.07, 6.45) is 0. The van der Waals surface area contributed by atoms with Crippen molar-refractivity contribution in [2.24, 2.45) is 0 Å². The van der Waals surface area contributed by atoms with E-state index < -0.39 is 15.9 Å². The number of sulfonamides is 1. The quantitative estimate of drug-likeness (QED) is 0.738. The summed E-state index contributed by atoms with van der Waals surface area (Å²) >= 11 is 6.09. The van der Waals surface area contributed by atoms with Crippen LogP contribution in [-0.2, 0) is 21.4 Å². The van der Waals surface area contributed by atoms with Gasteiger partial charge in [-0.3, -0.25) is 9.10 Å². The summed E-state index contributed by atoms with van der Waals surface area (Å²) in [6.45, 7) is 2.21. The van der Waals surface area contributed by atoms with Gasteiger partial charge < -0.3 is 14.8 Å². The Morgan fingerprint density at radius 1 is 1.14 bits per heavy atom. The summed E-state index contributed by atoms with van der Waals surface area (Å²) in [5.74, 6) is 0.426. The number of nitrogens with zero attached hydrogens (tertiary/aromatic N) is 1. The first-order valence-corrected chi connectivity index (χ1v) is 10.8. The minimum Gasteiger partial charge on any atom is -0.486 e. The molecule has 0 atom stereocenters. The molecule has 0 aromatic heterocycles. The number of carbonyl (C=O) groups is 1. The second kappa shape index (κ2) is 8.70. The number of anilines is 1. The van der Waals surface area contributed by atoms with E-state index >= 15 is 0 Å². The van der Waals surface area contributed by atoms with Crippen LogP contribution in [0.4, 0.5) is 5.69 Å².